The number of carbonyl (C=O) groups is 1. The summed E-state index contributed by atoms with van der Waals surface area (Å²) in [6.45, 7) is 0. The van der Waals surface area contributed by atoms with Crippen molar-refractivity contribution in [1.82, 2.24) is 4.98 Å². The van der Waals surface area contributed by atoms with Crippen LogP contribution in [0.25, 0.3) is 23.1 Å². The number of aliphatic carboxylic acids is 1. The van der Waals surface area contributed by atoms with Gasteiger partial charge in [0.25, 0.3) is 0 Å². The Morgan fingerprint density at radius 1 is 1.07 bits per heavy atom. The van der Waals surface area contributed by atoms with E-state index >= 15 is 0 Å². The third-order valence-corrected chi connectivity index (χ3v) is 6.43. The zero-order valence-electron chi connectivity index (χ0n) is 14.9. The van der Waals surface area contributed by atoms with Gasteiger partial charge < -0.3 is 5.11 Å². The number of aromatic nitrogens is 1. The molecule has 0 aliphatic rings. The van der Waals surface area contributed by atoms with Gasteiger partial charge in [0.1, 0.15) is 0 Å². The van der Waals surface area contributed by atoms with E-state index in [9.17, 15) is 13.2 Å². The Hall–Kier alpha value is -1.51. The molecular formula is C21H19BrNNaO4S. The van der Waals surface area contributed by atoms with Crippen LogP contribution in [-0.4, -0.2) is 59.8 Å². The van der Waals surface area contributed by atoms with Crippen molar-refractivity contribution in [2.24, 2.45) is 0 Å². The summed E-state index contributed by atoms with van der Waals surface area (Å²) in [5.41, 5.74) is 2.36. The van der Waals surface area contributed by atoms with Gasteiger partial charge in [0.2, 0.25) is 0 Å². The minimum atomic E-state index is -3.51. The van der Waals surface area contributed by atoms with Crippen molar-refractivity contribution >= 4 is 84.3 Å². The number of sulfone groups is 1. The monoisotopic (exact) mass is 483 g/mol. The van der Waals surface area contributed by atoms with E-state index in [-0.39, 0.29) is 53.0 Å². The van der Waals surface area contributed by atoms with Gasteiger partial charge in [0, 0.05) is 16.3 Å². The first-order valence-corrected chi connectivity index (χ1v) is 11.1. The van der Waals surface area contributed by atoms with Crippen molar-refractivity contribution in [2.45, 2.75) is 17.7 Å². The SMILES string of the molecule is O=C(O)CCCS(=O)(=O)c1cccc(C=Cc2ccc3ccc(Br)cc3n2)c1.[NaH]. The second kappa shape index (κ2) is 10.5. The molecule has 0 saturated carbocycles. The van der Waals surface area contributed by atoms with Crippen molar-refractivity contribution in [1.29, 1.82) is 0 Å². The van der Waals surface area contributed by atoms with E-state index in [0.717, 1.165) is 26.6 Å². The number of carboxylic acid groups (broad SMARTS) is 1. The number of rotatable bonds is 7. The number of nitrogens with zero attached hydrogens (tertiary/aromatic N) is 1. The van der Waals surface area contributed by atoms with Crippen molar-refractivity contribution in [3.63, 3.8) is 0 Å². The molecule has 8 heteroatoms. The van der Waals surface area contributed by atoms with E-state index in [1.54, 1.807) is 12.1 Å². The molecule has 29 heavy (non-hydrogen) atoms. The molecule has 3 rings (SSSR count). The second-order valence-corrected chi connectivity index (χ2v) is 9.32. The number of carboxylic acids is 1. The van der Waals surface area contributed by atoms with Crippen LogP contribution in [0.4, 0.5) is 0 Å². The summed E-state index contributed by atoms with van der Waals surface area (Å²) < 4.78 is 25.7. The van der Waals surface area contributed by atoms with Crippen LogP contribution in [0.2, 0.25) is 0 Å². The fourth-order valence-electron chi connectivity index (χ4n) is 2.72. The molecule has 5 nitrogen and oxygen atoms in total. The maximum atomic E-state index is 12.4. The summed E-state index contributed by atoms with van der Waals surface area (Å²) in [6, 6.07) is 16.4. The fraction of sp³-hybridized carbons (Fsp3) is 0.143. The minimum absolute atomic E-state index is 0. The molecule has 0 unspecified atom stereocenters. The summed E-state index contributed by atoms with van der Waals surface area (Å²) >= 11 is 3.44. The quantitative estimate of drug-likeness (QED) is 0.510. The number of hydrogen-bond acceptors (Lipinski definition) is 4. The molecule has 1 aromatic heterocycles. The van der Waals surface area contributed by atoms with Gasteiger partial charge in [-0.3, -0.25) is 4.79 Å². The van der Waals surface area contributed by atoms with Crippen LogP contribution >= 0.6 is 15.9 Å². The first kappa shape index (κ1) is 23.8. The van der Waals surface area contributed by atoms with Crippen LogP contribution in [0, 0.1) is 0 Å². The van der Waals surface area contributed by atoms with E-state index in [1.807, 2.05) is 48.6 Å². The summed E-state index contributed by atoms with van der Waals surface area (Å²) in [6.07, 6.45) is 3.57. The molecule has 1 N–H and O–H groups in total. The van der Waals surface area contributed by atoms with Crippen molar-refractivity contribution in [2.75, 3.05) is 5.75 Å². The Morgan fingerprint density at radius 3 is 2.59 bits per heavy atom. The van der Waals surface area contributed by atoms with Crippen molar-refractivity contribution in [3.8, 4) is 0 Å². The normalized spacial score (nSPS) is 11.5. The van der Waals surface area contributed by atoms with Gasteiger partial charge in [0.05, 0.1) is 21.9 Å². The average Bonchev–Trinajstić information content (AvgIpc) is 2.66. The maximum absolute atomic E-state index is 12.4. The number of fused-ring (bicyclic) bond motifs is 1. The summed E-state index contributed by atoms with van der Waals surface area (Å²) in [5, 5.41) is 9.71. The van der Waals surface area contributed by atoms with Crippen LogP contribution in [0.5, 0.6) is 0 Å². The van der Waals surface area contributed by atoms with Crippen molar-refractivity contribution in [3.05, 3.63) is 70.3 Å². The predicted octanol–water partition coefficient (Wildman–Crippen LogP) is 4.16. The summed E-state index contributed by atoms with van der Waals surface area (Å²) in [5.74, 6) is -1.19. The average molecular weight is 484 g/mol. The van der Waals surface area contributed by atoms with E-state index in [2.05, 4.69) is 20.9 Å². The molecule has 0 aliphatic heterocycles. The standard InChI is InChI=1S/C21H18BrNO4S.Na.H/c22-17-9-7-16-8-11-18(23-20(16)14-17)10-6-15-3-1-4-19(13-15)28(26,27)12-2-5-21(24)25;;/h1,3-4,6-11,13-14H,2,5,12H2,(H,24,25);;. The van der Waals surface area contributed by atoms with Crippen LogP contribution < -0.4 is 0 Å². The Balaban J connectivity index is 0.00000300. The van der Waals surface area contributed by atoms with Gasteiger partial charge in [-0.25, -0.2) is 13.4 Å². The van der Waals surface area contributed by atoms with E-state index in [4.69, 9.17) is 5.11 Å². The third kappa shape index (κ3) is 6.76. The van der Waals surface area contributed by atoms with Gasteiger partial charge in [-0.15, -0.1) is 0 Å². The number of benzene rings is 2. The third-order valence-electron chi connectivity index (χ3n) is 4.14. The van der Waals surface area contributed by atoms with E-state index in [1.165, 1.54) is 6.07 Å². The first-order valence-electron chi connectivity index (χ1n) is 8.62. The molecule has 146 valence electrons. The van der Waals surface area contributed by atoms with Crippen LogP contribution in [0.3, 0.4) is 0 Å². The molecule has 0 saturated heterocycles. The number of pyridine rings is 1. The molecule has 0 bridgehead atoms. The molecule has 0 aliphatic carbocycles. The molecule has 3 aromatic rings. The Morgan fingerprint density at radius 2 is 1.83 bits per heavy atom. The molecular weight excluding hydrogens is 465 g/mol. The van der Waals surface area contributed by atoms with E-state index < -0.39 is 15.8 Å². The van der Waals surface area contributed by atoms with Gasteiger partial charge in [0.15, 0.2) is 9.84 Å². The molecule has 1 heterocycles. The fourth-order valence-corrected chi connectivity index (χ4v) is 4.43. The molecule has 0 fully saturated rings. The number of halogens is 1. The first-order chi connectivity index (χ1) is 13.3. The summed E-state index contributed by atoms with van der Waals surface area (Å²) in [4.78, 5) is 15.4. The van der Waals surface area contributed by atoms with Gasteiger partial charge in [-0.05, 0) is 48.4 Å². The molecule has 2 aromatic carbocycles. The molecule has 0 amide bonds. The molecule has 0 spiro atoms. The van der Waals surface area contributed by atoms with Crippen LogP contribution in [0.15, 0.2) is 64.0 Å². The Kier molecular flexibility index (Phi) is 8.60. The molecule has 0 atom stereocenters. The zero-order valence-corrected chi connectivity index (χ0v) is 17.3. The topological polar surface area (TPSA) is 84.3 Å². The van der Waals surface area contributed by atoms with Gasteiger partial charge in [-0.2, -0.15) is 0 Å². The second-order valence-electron chi connectivity index (χ2n) is 6.30. The number of hydrogen-bond donors (Lipinski definition) is 1. The molecule has 0 radical (unpaired) electrons. The van der Waals surface area contributed by atoms with E-state index in [0.29, 0.717) is 0 Å². The predicted molar refractivity (Wildman–Crippen MR) is 121 cm³/mol. The Labute approximate surface area is 200 Å². The van der Waals surface area contributed by atoms with Gasteiger partial charge >= 0.3 is 35.5 Å². The van der Waals surface area contributed by atoms with Crippen LogP contribution in [0.1, 0.15) is 24.1 Å². The summed E-state index contributed by atoms with van der Waals surface area (Å²) in [7, 11) is -3.51. The van der Waals surface area contributed by atoms with Crippen molar-refractivity contribution < 1.29 is 18.3 Å². The Bertz CT molecular complexity index is 1160. The van der Waals surface area contributed by atoms with Crippen LogP contribution in [-0.2, 0) is 14.6 Å². The zero-order chi connectivity index (χ0) is 20.1. The van der Waals surface area contributed by atoms with Gasteiger partial charge in [-0.1, -0.05) is 46.3 Å².